The molecule has 0 atom stereocenters. The van der Waals surface area contributed by atoms with Gasteiger partial charge in [0.2, 0.25) is 5.55 Å². The van der Waals surface area contributed by atoms with Gasteiger partial charge < -0.3 is 9.52 Å². The molecule has 0 unspecified atom stereocenters. The molecule has 0 bridgehead atoms. The van der Waals surface area contributed by atoms with Crippen LogP contribution in [-0.2, 0) is 0 Å². The summed E-state index contributed by atoms with van der Waals surface area (Å²) in [6.45, 7) is 1.92. The third-order valence-corrected chi connectivity index (χ3v) is 6.65. The number of thiazole rings is 1. The third kappa shape index (κ3) is 3.15. The summed E-state index contributed by atoms with van der Waals surface area (Å²) in [6.07, 6.45) is 0. The van der Waals surface area contributed by atoms with E-state index in [1.54, 1.807) is 29.5 Å². The number of aromatic hydroxyl groups is 1. The molecule has 0 amide bonds. The molecule has 5 heteroatoms. The summed E-state index contributed by atoms with van der Waals surface area (Å²) in [5.74, 6) is 0.217. The summed E-state index contributed by atoms with van der Waals surface area (Å²) in [4.78, 5) is 9.71. The lowest BCUT2D eigenvalue weighted by Crippen LogP contribution is -2.05. The van der Waals surface area contributed by atoms with Crippen LogP contribution in [-0.4, -0.2) is 10.1 Å². The molecular weight excluding hydrogens is 416 g/mol. The SMILES string of the molecule is Cc1cc(O)ccc1N=c1oc2ccc3ccccc3c2cc1-c1nc2ccccc2s1. The lowest BCUT2D eigenvalue weighted by atomic mass is 10.0. The van der Waals surface area contributed by atoms with Gasteiger partial charge >= 0.3 is 0 Å². The van der Waals surface area contributed by atoms with E-state index in [0.29, 0.717) is 5.55 Å². The van der Waals surface area contributed by atoms with Crippen molar-refractivity contribution in [3.63, 3.8) is 0 Å². The number of benzene rings is 4. The Hall–Kier alpha value is -3.96. The van der Waals surface area contributed by atoms with Crippen molar-refractivity contribution in [2.24, 2.45) is 4.99 Å². The molecule has 0 saturated heterocycles. The molecule has 6 rings (SSSR count). The molecule has 0 radical (unpaired) electrons. The molecule has 1 N–H and O–H groups in total. The highest BCUT2D eigenvalue weighted by molar-refractivity contribution is 7.21. The lowest BCUT2D eigenvalue weighted by Gasteiger charge is -2.07. The van der Waals surface area contributed by atoms with Crippen LogP contribution in [0.2, 0.25) is 0 Å². The Bertz CT molecular complexity index is 1680. The van der Waals surface area contributed by atoms with Crippen molar-refractivity contribution in [3.8, 4) is 16.3 Å². The first-order valence-electron chi connectivity index (χ1n) is 10.3. The number of aromatic nitrogens is 1. The molecule has 32 heavy (non-hydrogen) atoms. The second-order valence-electron chi connectivity index (χ2n) is 7.73. The van der Waals surface area contributed by atoms with E-state index in [1.807, 2.05) is 43.3 Å². The zero-order valence-corrected chi connectivity index (χ0v) is 18.1. The number of rotatable bonds is 2. The average molecular weight is 435 g/mol. The number of nitrogens with zero attached hydrogens (tertiary/aromatic N) is 2. The number of aryl methyl sites for hydroxylation is 1. The molecule has 0 aliphatic heterocycles. The first-order valence-corrected chi connectivity index (χ1v) is 11.1. The molecule has 6 aromatic rings. The molecule has 154 valence electrons. The van der Waals surface area contributed by atoms with Gasteiger partial charge in [-0.15, -0.1) is 11.3 Å². The van der Waals surface area contributed by atoms with Gasteiger partial charge in [0, 0.05) is 5.39 Å². The number of phenolic OH excluding ortho intramolecular Hbond substituents is 1. The van der Waals surface area contributed by atoms with E-state index in [-0.39, 0.29) is 5.75 Å². The van der Waals surface area contributed by atoms with Crippen LogP contribution in [0.15, 0.2) is 94.3 Å². The van der Waals surface area contributed by atoms with Crippen molar-refractivity contribution in [1.29, 1.82) is 0 Å². The molecule has 0 fully saturated rings. The molecule has 4 nitrogen and oxygen atoms in total. The second kappa shape index (κ2) is 7.32. The molecule has 0 saturated carbocycles. The highest BCUT2D eigenvalue weighted by Crippen LogP contribution is 2.33. The van der Waals surface area contributed by atoms with Crippen LogP contribution in [0.4, 0.5) is 5.69 Å². The van der Waals surface area contributed by atoms with Crippen LogP contribution in [0.5, 0.6) is 5.75 Å². The Morgan fingerprint density at radius 1 is 0.875 bits per heavy atom. The van der Waals surface area contributed by atoms with Gasteiger partial charge in [0.15, 0.2) is 0 Å². The van der Waals surface area contributed by atoms with Crippen LogP contribution in [0, 0.1) is 6.92 Å². The topological polar surface area (TPSA) is 58.6 Å². The van der Waals surface area contributed by atoms with E-state index in [4.69, 9.17) is 14.4 Å². The molecule has 0 aliphatic carbocycles. The molecule has 2 aromatic heterocycles. The van der Waals surface area contributed by atoms with Crippen LogP contribution >= 0.6 is 11.3 Å². The minimum Gasteiger partial charge on any atom is -0.508 e. The van der Waals surface area contributed by atoms with Crippen molar-refractivity contribution in [1.82, 2.24) is 4.98 Å². The standard InChI is InChI=1S/C27H18N2O2S/c1-16-14-18(30)11-12-22(16)28-26-21(27-29-23-8-4-5-9-25(23)32-27)15-20-19-7-3-2-6-17(19)10-13-24(20)31-26/h2-15,30H,1H3. The zero-order chi connectivity index (χ0) is 21.7. The summed E-state index contributed by atoms with van der Waals surface area (Å²) in [6, 6.07) is 27.7. The monoisotopic (exact) mass is 434 g/mol. The minimum absolute atomic E-state index is 0.217. The average Bonchev–Trinajstić information content (AvgIpc) is 3.24. The zero-order valence-electron chi connectivity index (χ0n) is 17.2. The molecule has 4 aromatic carbocycles. The maximum Gasteiger partial charge on any atom is 0.230 e. The first-order chi connectivity index (χ1) is 15.7. The van der Waals surface area contributed by atoms with Gasteiger partial charge in [0.1, 0.15) is 16.3 Å². The number of para-hydroxylation sites is 1. The van der Waals surface area contributed by atoms with Gasteiger partial charge in [-0.05, 0) is 65.7 Å². The summed E-state index contributed by atoms with van der Waals surface area (Å²) >= 11 is 1.62. The van der Waals surface area contributed by atoms with Crippen LogP contribution in [0.3, 0.4) is 0 Å². The van der Waals surface area contributed by atoms with Crippen molar-refractivity contribution in [2.75, 3.05) is 0 Å². The smallest absolute Gasteiger partial charge is 0.230 e. The van der Waals surface area contributed by atoms with E-state index in [0.717, 1.165) is 53.8 Å². The fraction of sp³-hybridized carbons (Fsp3) is 0.0370. The van der Waals surface area contributed by atoms with Gasteiger partial charge in [-0.2, -0.15) is 0 Å². The fourth-order valence-electron chi connectivity index (χ4n) is 3.98. The molecular formula is C27H18N2O2S. The van der Waals surface area contributed by atoms with Crippen LogP contribution < -0.4 is 5.55 Å². The van der Waals surface area contributed by atoms with Gasteiger partial charge in [-0.1, -0.05) is 42.5 Å². The third-order valence-electron chi connectivity index (χ3n) is 5.58. The summed E-state index contributed by atoms with van der Waals surface area (Å²) in [7, 11) is 0. The Labute approximate surface area is 187 Å². The van der Waals surface area contributed by atoms with E-state index < -0.39 is 0 Å². The highest BCUT2D eigenvalue weighted by atomic mass is 32.1. The van der Waals surface area contributed by atoms with Gasteiger partial charge in [0.25, 0.3) is 0 Å². The Balaban J connectivity index is 1.70. The quantitative estimate of drug-likeness (QED) is 0.295. The normalized spacial score (nSPS) is 12.2. The highest BCUT2D eigenvalue weighted by Gasteiger charge is 2.14. The molecule has 0 aliphatic rings. The first kappa shape index (κ1) is 18.8. The number of hydrogen-bond acceptors (Lipinski definition) is 5. The molecule has 2 heterocycles. The summed E-state index contributed by atoms with van der Waals surface area (Å²) < 4.78 is 7.50. The minimum atomic E-state index is 0.217. The largest absolute Gasteiger partial charge is 0.508 e. The van der Waals surface area contributed by atoms with Crippen LogP contribution in [0.1, 0.15) is 5.56 Å². The predicted molar refractivity (Wildman–Crippen MR) is 130 cm³/mol. The van der Waals surface area contributed by atoms with Crippen molar-refractivity contribution >= 4 is 49.0 Å². The van der Waals surface area contributed by atoms with Crippen molar-refractivity contribution in [2.45, 2.75) is 6.92 Å². The van der Waals surface area contributed by atoms with E-state index in [9.17, 15) is 5.11 Å². The maximum absolute atomic E-state index is 9.79. The van der Waals surface area contributed by atoms with Gasteiger partial charge in [-0.25, -0.2) is 9.98 Å². The maximum atomic E-state index is 9.79. The summed E-state index contributed by atoms with van der Waals surface area (Å²) in [5, 5.41) is 14.0. The van der Waals surface area contributed by atoms with E-state index in [1.165, 1.54) is 0 Å². The number of hydrogen-bond donors (Lipinski definition) is 1. The summed E-state index contributed by atoms with van der Waals surface area (Å²) in [5.41, 5.74) is 4.69. The van der Waals surface area contributed by atoms with E-state index >= 15 is 0 Å². The molecule has 0 spiro atoms. The second-order valence-corrected chi connectivity index (χ2v) is 8.76. The van der Waals surface area contributed by atoms with Crippen LogP contribution in [0.25, 0.3) is 42.5 Å². The predicted octanol–water partition coefficient (Wildman–Crippen LogP) is 7.11. The fourth-order valence-corrected chi connectivity index (χ4v) is 4.95. The number of fused-ring (bicyclic) bond motifs is 4. The Kier molecular flexibility index (Phi) is 4.30. The number of phenols is 1. The van der Waals surface area contributed by atoms with E-state index in [2.05, 4.69) is 30.3 Å². The van der Waals surface area contributed by atoms with Crippen molar-refractivity contribution < 1.29 is 9.52 Å². The Morgan fingerprint density at radius 2 is 1.72 bits per heavy atom. The lowest BCUT2D eigenvalue weighted by molar-refractivity contribution is 0.475. The van der Waals surface area contributed by atoms with Crippen molar-refractivity contribution in [3.05, 3.63) is 96.0 Å². The van der Waals surface area contributed by atoms with Gasteiger partial charge in [0.05, 0.1) is 21.5 Å². The Morgan fingerprint density at radius 3 is 2.59 bits per heavy atom. The van der Waals surface area contributed by atoms with Gasteiger partial charge in [-0.3, -0.25) is 0 Å².